The van der Waals surface area contributed by atoms with Crippen LogP contribution in [-0.4, -0.2) is 43.9 Å². The molecule has 0 bridgehead atoms. The van der Waals surface area contributed by atoms with Crippen LogP contribution in [0.25, 0.3) is 0 Å². The zero-order valence-corrected chi connectivity index (χ0v) is 14.8. The molecule has 134 valence electrons. The molecule has 0 radical (unpaired) electrons. The number of carbonyl (C=O) groups excluding carboxylic acids is 2. The first-order chi connectivity index (χ1) is 11.5. The van der Waals surface area contributed by atoms with Crippen molar-refractivity contribution in [1.29, 1.82) is 0 Å². The van der Waals surface area contributed by atoms with Crippen molar-refractivity contribution < 1.29 is 14.3 Å². The van der Waals surface area contributed by atoms with Crippen LogP contribution in [0, 0.1) is 0 Å². The van der Waals surface area contributed by atoms with Gasteiger partial charge in [-0.15, -0.1) is 11.6 Å². The Morgan fingerprint density at radius 3 is 2.42 bits per heavy atom. The number of nitrogens with zero attached hydrogens (tertiary/aromatic N) is 1. The Labute approximate surface area is 149 Å². The van der Waals surface area contributed by atoms with E-state index < -0.39 is 12.3 Å². The number of amides is 2. The van der Waals surface area contributed by atoms with Gasteiger partial charge >= 0.3 is 6.09 Å². The summed E-state index contributed by atoms with van der Waals surface area (Å²) in [5.74, 6) is -0.0199. The Morgan fingerprint density at radius 2 is 2.00 bits per heavy atom. The number of ether oxygens (including phenoxy) is 1. The van der Waals surface area contributed by atoms with Gasteiger partial charge in [-0.05, 0) is 24.8 Å². The lowest BCUT2D eigenvalue weighted by atomic mass is 10.2. The van der Waals surface area contributed by atoms with Gasteiger partial charge in [-0.2, -0.15) is 0 Å². The maximum absolute atomic E-state index is 11.2. The molecule has 0 rings (SSSR count). The molecule has 1 unspecified atom stereocenters. The summed E-state index contributed by atoms with van der Waals surface area (Å²) in [7, 11) is 0. The monoisotopic (exact) mass is 355 g/mol. The van der Waals surface area contributed by atoms with E-state index in [9.17, 15) is 9.59 Å². The molecule has 24 heavy (non-hydrogen) atoms. The predicted octanol–water partition coefficient (Wildman–Crippen LogP) is 2.98. The smallest absolute Gasteiger partial charge is 0.409 e. The predicted molar refractivity (Wildman–Crippen MR) is 101 cm³/mol. The first kappa shape index (κ1) is 23.9. The van der Waals surface area contributed by atoms with E-state index in [0.717, 1.165) is 18.5 Å². The van der Waals surface area contributed by atoms with Gasteiger partial charge < -0.3 is 10.1 Å². The first-order valence-corrected chi connectivity index (χ1v) is 7.80. The van der Waals surface area contributed by atoms with Crippen LogP contribution in [0.2, 0.25) is 0 Å². The lowest BCUT2D eigenvalue weighted by Gasteiger charge is -2.10. The number of rotatable bonds is 10. The molecule has 0 aromatic rings. The summed E-state index contributed by atoms with van der Waals surface area (Å²) in [6.45, 7) is 16.7. The van der Waals surface area contributed by atoms with Gasteiger partial charge in [-0.1, -0.05) is 44.9 Å². The van der Waals surface area contributed by atoms with Gasteiger partial charge in [-0.25, -0.2) is 4.79 Å². The van der Waals surface area contributed by atoms with Gasteiger partial charge in [0.2, 0.25) is 5.91 Å². The van der Waals surface area contributed by atoms with Crippen LogP contribution in [-0.2, 0) is 9.53 Å². The Bertz CT molecular complexity index is 454. The van der Waals surface area contributed by atoms with Crippen LogP contribution in [0.15, 0.2) is 54.6 Å². The third kappa shape index (κ3) is 14.6. The highest BCUT2D eigenvalue weighted by atomic mass is 35.5. The number of hydrogen-bond donors (Lipinski definition) is 2. The van der Waals surface area contributed by atoms with Gasteiger partial charge in [-0.3, -0.25) is 15.1 Å². The number of nitrogens with one attached hydrogen (secondary N) is 2. The summed E-state index contributed by atoms with van der Waals surface area (Å²) in [6.07, 6.45) is 6.17. The standard InChI is InChI=1S/C12H16N2O2.C5H10ClNO/c1-5-8-10(6-2)9-16-12(15)14-11(7-3)13-4;1-2-3-7-5(8)4-6/h5-8,11H,1-4,9H2,(H,14,15);2-4H2,1H3,(H,7,8)/b10-8+;. The highest BCUT2D eigenvalue weighted by molar-refractivity contribution is 6.27. The number of alkyl halides is 1. The van der Waals surface area contributed by atoms with Crippen LogP contribution in [0.1, 0.15) is 13.3 Å². The summed E-state index contributed by atoms with van der Waals surface area (Å²) in [4.78, 5) is 25.2. The number of allylic oxidation sites excluding steroid dienone is 2. The number of carbonyl (C=O) groups is 2. The summed E-state index contributed by atoms with van der Waals surface area (Å²) < 4.78 is 4.91. The molecule has 0 aliphatic rings. The number of hydrogen-bond acceptors (Lipinski definition) is 4. The highest BCUT2D eigenvalue weighted by Crippen LogP contribution is 1.98. The van der Waals surface area contributed by atoms with Crippen molar-refractivity contribution in [2.75, 3.05) is 19.0 Å². The maximum atomic E-state index is 11.2. The van der Waals surface area contributed by atoms with E-state index in [4.69, 9.17) is 16.3 Å². The SMILES string of the molecule is C=C/C=C(\C=C)COC(=O)NC(C=C)N=C.CCCNC(=O)CCl. The lowest BCUT2D eigenvalue weighted by molar-refractivity contribution is -0.118. The fraction of sp³-hybridized carbons (Fsp3) is 0.353. The average Bonchev–Trinajstić information content (AvgIpc) is 2.61. The van der Waals surface area contributed by atoms with Gasteiger partial charge in [0.25, 0.3) is 0 Å². The molecule has 7 heteroatoms. The van der Waals surface area contributed by atoms with Gasteiger partial charge in [0, 0.05) is 6.54 Å². The zero-order valence-electron chi connectivity index (χ0n) is 14.1. The maximum Gasteiger partial charge on any atom is 0.409 e. The molecule has 2 N–H and O–H groups in total. The molecule has 0 saturated carbocycles. The van der Waals surface area contributed by atoms with Crippen molar-refractivity contribution in [3.05, 3.63) is 49.6 Å². The summed E-state index contributed by atoms with van der Waals surface area (Å²) in [6, 6.07) is 0. The van der Waals surface area contributed by atoms with E-state index in [1.807, 2.05) is 6.92 Å². The fourth-order valence-corrected chi connectivity index (χ4v) is 1.22. The van der Waals surface area contributed by atoms with Crippen LogP contribution in [0.5, 0.6) is 0 Å². The van der Waals surface area contributed by atoms with Crippen molar-refractivity contribution in [1.82, 2.24) is 10.6 Å². The fourth-order valence-electron chi connectivity index (χ4n) is 1.13. The molecule has 0 aliphatic heterocycles. The molecular weight excluding hydrogens is 330 g/mol. The largest absolute Gasteiger partial charge is 0.445 e. The summed E-state index contributed by atoms with van der Waals surface area (Å²) in [5.41, 5.74) is 0.756. The normalized spacial score (nSPS) is 11.0. The van der Waals surface area contributed by atoms with E-state index >= 15 is 0 Å². The molecule has 0 spiro atoms. The van der Waals surface area contributed by atoms with Crippen molar-refractivity contribution in [2.45, 2.75) is 19.5 Å². The van der Waals surface area contributed by atoms with E-state index in [2.05, 4.69) is 42.1 Å². The van der Waals surface area contributed by atoms with E-state index in [1.165, 1.54) is 6.08 Å². The summed E-state index contributed by atoms with van der Waals surface area (Å²) >= 11 is 5.18. The topological polar surface area (TPSA) is 79.8 Å². The van der Waals surface area contributed by atoms with E-state index in [1.54, 1.807) is 18.2 Å². The van der Waals surface area contributed by atoms with Gasteiger partial charge in [0.1, 0.15) is 18.7 Å². The third-order valence-electron chi connectivity index (χ3n) is 2.34. The van der Waals surface area contributed by atoms with Crippen molar-refractivity contribution in [2.24, 2.45) is 4.99 Å². The molecule has 0 heterocycles. The molecule has 0 aliphatic carbocycles. The second-order valence-corrected chi connectivity index (χ2v) is 4.52. The highest BCUT2D eigenvalue weighted by Gasteiger charge is 2.06. The number of alkyl carbamates (subject to hydrolysis) is 1. The Balaban J connectivity index is 0. The minimum atomic E-state index is -0.589. The average molecular weight is 356 g/mol. The minimum Gasteiger partial charge on any atom is -0.445 e. The molecule has 0 saturated heterocycles. The Kier molecular flexibility index (Phi) is 17.0. The molecule has 2 amide bonds. The molecule has 0 aromatic carbocycles. The van der Waals surface area contributed by atoms with Crippen LogP contribution in [0.3, 0.4) is 0 Å². The number of aliphatic imine (C=N–C) groups is 1. The van der Waals surface area contributed by atoms with Crippen molar-refractivity contribution in [3.8, 4) is 0 Å². The zero-order chi connectivity index (χ0) is 18.8. The van der Waals surface area contributed by atoms with Crippen LogP contribution >= 0.6 is 11.6 Å². The van der Waals surface area contributed by atoms with Gasteiger partial charge in [0.05, 0.1) is 0 Å². The van der Waals surface area contributed by atoms with Crippen molar-refractivity contribution in [3.63, 3.8) is 0 Å². The van der Waals surface area contributed by atoms with E-state index in [0.29, 0.717) is 0 Å². The Hall–Kier alpha value is -2.34. The van der Waals surface area contributed by atoms with Crippen LogP contribution < -0.4 is 10.6 Å². The van der Waals surface area contributed by atoms with E-state index in [-0.39, 0.29) is 18.4 Å². The third-order valence-corrected chi connectivity index (χ3v) is 2.59. The quantitative estimate of drug-likeness (QED) is 0.273. The second-order valence-electron chi connectivity index (χ2n) is 4.25. The number of halogens is 1. The molecule has 6 nitrogen and oxygen atoms in total. The van der Waals surface area contributed by atoms with Gasteiger partial charge in [0.15, 0.2) is 0 Å². The second kappa shape index (κ2) is 17.0. The Morgan fingerprint density at radius 1 is 1.33 bits per heavy atom. The van der Waals surface area contributed by atoms with Crippen molar-refractivity contribution >= 4 is 30.3 Å². The lowest BCUT2D eigenvalue weighted by Crippen LogP contribution is -2.32. The molecule has 0 aromatic heterocycles. The molecule has 0 fully saturated rings. The molecular formula is C17H26ClN3O3. The van der Waals surface area contributed by atoms with Crippen LogP contribution in [0.4, 0.5) is 4.79 Å². The minimum absolute atomic E-state index is 0.0694. The molecule has 1 atom stereocenters. The first-order valence-electron chi connectivity index (χ1n) is 7.27. The summed E-state index contributed by atoms with van der Waals surface area (Å²) in [5, 5.41) is 5.05.